The molecule has 4 aromatic carbocycles. The highest BCUT2D eigenvalue weighted by molar-refractivity contribution is 7.25. The van der Waals surface area contributed by atoms with E-state index in [1.54, 1.807) is 63.3 Å². The van der Waals surface area contributed by atoms with Crippen molar-refractivity contribution in [2.24, 2.45) is 35.3 Å². The number of primary amides is 1. The molecule has 4 aliphatic rings. The third-order valence-corrected chi connectivity index (χ3v) is 21.5. The van der Waals surface area contributed by atoms with Crippen LogP contribution in [0.2, 0.25) is 0 Å². The molecule has 9 N–H and O–H groups in total. The predicted molar refractivity (Wildman–Crippen MR) is 404 cm³/mol. The van der Waals surface area contributed by atoms with Crippen LogP contribution in [-0.4, -0.2) is 168 Å². The van der Waals surface area contributed by atoms with Crippen molar-refractivity contribution in [3.63, 3.8) is 0 Å². The molecule has 0 aliphatic carbocycles. The van der Waals surface area contributed by atoms with Crippen molar-refractivity contribution in [1.29, 1.82) is 0 Å². The lowest BCUT2D eigenvalue weighted by atomic mass is 9.79. The average molecular weight is 1480 g/mol. The Bertz CT molecular complexity index is 4350. The molecule has 5 aromatic rings. The number of aromatic hydroxyl groups is 1. The summed E-state index contributed by atoms with van der Waals surface area (Å²) >= 11 is 1.16. The SMILES string of the molecule is CO[C@H]1/C=C/O[C@@]2(C)Oc3c(C)c(=O)c4c(O)c(c5sc6cc(N7CCC(N(C)C)CC7)cc(OCc7ccc(NC(=O)[C@H](CCCNC(N)=O)NC(=O)C(NC(=O)CCCCCN8C(=O)C=CC8=O)C(C)C)cc7)c6nc5c4c3C2=O)NC(=O)/C(C)=C\C=C\[C@H](C)C[C@@H](C)[C@@H](O)[C@@H](C)[C@H](OC(C)=O)[C@@H]1C. The number of amides is 8. The summed E-state index contributed by atoms with van der Waals surface area (Å²) in [5.41, 5.74) is 6.71. The Kier molecular flexibility index (Phi) is 26.6. The quantitative estimate of drug-likeness (QED) is 0.00754. The first-order valence-corrected chi connectivity index (χ1v) is 37.0. The van der Waals surface area contributed by atoms with E-state index in [0.29, 0.717) is 72.0 Å². The number of unbranched alkanes of at least 4 members (excludes halogenated alkanes) is 2. The normalized spacial score (nSPS) is 23.5. The Morgan fingerprint density at radius 1 is 0.896 bits per heavy atom. The number of aliphatic hydroxyl groups excluding tert-OH is 1. The van der Waals surface area contributed by atoms with Gasteiger partial charge in [-0.05, 0) is 120 Å². The molecule has 1 aromatic heterocycles. The number of imide groups is 1. The number of anilines is 3. The first kappa shape index (κ1) is 80.3. The van der Waals surface area contributed by atoms with Gasteiger partial charge in [0.25, 0.3) is 23.5 Å². The minimum Gasteiger partial charge on any atom is -0.505 e. The highest BCUT2D eigenvalue weighted by Crippen LogP contribution is 2.51. The number of ketones is 1. The van der Waals surface area contributed by atoms with Gasteiger partial charge in [0.15, 0.2) is 11.2 Å². The average Bonchev–Trinajstić information content (AvgIpc) is 1.53. The Morgan fingerprint density at radius 2 is 1.59 bits per heavy atom. The number of hydrogen-bond donors (Lipinski definition) is 8. The van der Waals surface area contributed by atoms with Crippen LogP contribution in [0.1, 0.15) is 142 Å². The lowest BCUT2D eigenvalue weighted by Gasteiger charge is -2.36. The van der Waals surface area contributed by atoms with Gasteiger partial charge in [-0.15, -0.1) is 11.3 Å². The lowest BCUT2D eigenvalue weighted by molar-refractivity contribution is -0.159. The van der Waals surface area contributed by atoms with Crippen LogP contribution in [-0.2, 0) is 54.4 Å². The summed E-state index contributed by atoms with van der Waals surface area (Å²) in [4.78, 5) is 146. The summed E-state index contributed by atoms with van der Waals surface area (Å²) in [7, 11) is 5.58. The van der Waals surface area contributed by atoms with Crippen LogP contribution in [0.25, 0.3) is 31.2 Å². The molecule has 28 heteroatoms. The first-order valence-electron chi connectivity index (χ1n) is 36.2. The lowest BCUT2D eigenvalue weighted by Crippen LogP contribution is -2.54. The second-order valence-corrected chi connectivity index (χ2v) is 30.0. The fourth-order valence-corrected chi connectivity index (χ4v) is 15.3. The van der Waals surface area contributed by atoms with Crippen molar-refractivity contribution in [1.82, 2.24) is 30.7 Å². The molecule has 4 aliphatic heterocycles. The maximum absolute atomic E-state index is 15.4. The summed E-state index contributed by atoms with van der Waals surface area (Å²) in [6.45, 7) is 18.4. The molecule has 570 valence electrons. The summed E-state index contributed by atoms with van der Waals surface area (Å²) in [5, 5.41) is 38.1. The van der Waals surface area contributed by atoms with Crippen molar-refractivity contribution >= 4 is 113 Å². The standard InChI is InChI=1S/C78H100N10O17S/c1-41(2)63(83-57(90)22-15-14-16-33-88-58(91)27-28-59(88)92)76(99)82-53(21-18-32-80-77(79)100)75(98)81-50-25-23-49(24-26-50)40-102-55-38-52(87-34-29-51(30-35-87)86(11)12)39-56-64(55)84-65-60-61-68(94)47(8)71-62(60)73(96)78(10,105-71)103-36-31-54(101-13)45(6)70(104-48(9)89)46(7)67(93)44(5)37-42(3)19-17-20-43(4)74(97)85-66(69(61)95)72(65)106-56/h17,19-20,23-28,31,36,38-39,41-42,44-46,51,53-54,63,67,70,93,95H,14-16,18,21-22,29-30,32-35,37,40H2,1-13H3,(H,81,98)(H,82,99)(H,83,90)(H,85,97)(H3,79,80,100)/b19-17+,36-31+,43-20-/t42-,44+,45+,46+,53-,54-,63?,67+,70+,78-/m0/s1. The Balaban J connectivity index is 1.06. The number of aromatic nitrogens is 1. The molecular weight excluding hydrogens is 1380 g/mol. The molecular formula is C78H100N10O17S. The van der Waals surface area contributed by atoms with E-state index in [1.165, 1.54) is 46.3 Å². The number of carbonyl (C=O) groups is 9. The van der Waals surface area contributed by atoms with E-state index >= 15 is 9.59 Å². The van der Waals surface area contributed by atoms with Crippen molar-refractivity contribution < 1.29 is 77.0 Å². The maximum atomic E-state index is 15.4. The van der Waals surface area contributed by atoms with Crippen LogP contribution in [0.5, 0.6) is 17.2 Å². The molecule has 106 heavy (non-hydrogen) atoms. The topological polar surface area (TPSA) is 366 Å². The van der Waals surface area contributed by atoms with E-state index in [9.17, 15) is 48.6 Å². The fraction of sp³-hybridized carbons (Fsp3) is 0.500. The molecule has 1 saturated heterocycles. The van der Waals surface area contributed by atoms with Crippen LogP contribution in [0, 0.1) is 36.5 Å². The molecule has 10 atom stereocenters. The molecule has 5 heterocycles. The molecule has 9 rings (SSSR count). The zero-order valence-electron chi connectivity index (χ0n) is 62.5. The number of aliphatic hydroxyl groups is 1. The number of allylic oxidation sites excluding steroid dienone is 3. The minimum atomic E-state index is -2.12. The van der Waals surface area contributed by atoms with E-state index in [2.05, 4.69) is 50.5 Å². The Labute approximate surface area is 620 Å². The van der Waals surface area contributed by atoms with Gasteiger partial charge >= 0.3 is 17.8 Å². The van der Waals surface area contributed by atoms with Crippen LogP contribution in [0.3, 0.4) is 0 Å². The van der Waals surface area contributed by atoms with Gasteiger partial charge in [0.05, 0.1) is 44.3 Å². The molecule has 1 unspecified atom stereocenters. The first-order chi connectivity index (χ1) is 50.3. The molecule has 0 radical (unpaired) electrons. The number of phenols is 1. The number of ether oxygens (including phenoxy) is 5. The fourth-order valence-electron chi connectivity index (χ4n) is 14.1. The largest absolute Gasteiger partial charge is 0.505 e. The van der Waals surface area contributed by atoms with Crippen LogP contribution >= 0.6 is 11.3 Å². The molecule has 8 amide bonds. The monoisotopic (exact) mass is 1480 g/mol. The van der Waals surface area contributed by atoms with Crippen molar-refractivity contribution in [3.8, 4) is 17.2 Å². The van der Waals surface area contributed by atoms with E-state index < -0.39 is 107 Å². The van der Waals surface area contributed by atoms with Crippen molar-refractivity contribution in [2.75, 3.05) is 62.9 Å². The number of fused-ring (bicyclic) bond motifs is 2. The predicted octanol–water partition coefficient (Wildman–Crippen LogP) is 9.10. The van der Waals surface area contributed by atoms with Crippen LogP contribution < -0.4 is 52.1 Å². The smallest absolute Gasteiger partial charge is 0.312 e. The number of urea groups is 1. The van der Waals surface area contributed by atoms with Gasteiger partial charge in [0.2, 0.25) is 17.7 Å². The third kappa shape index (κ3) is 18.7. The number of nitrogens with zero attached hydrogens (tertiary/aromatic N) is 4. The molecule has 4 bridgehead atoms. The van der Waals surface area contributed by atoms with Gasteiger partial charge < -0.3 is 76.0 Å². The summed E-state index contributed by atoms with van der Waals surface area (Å²) in [6.07, 6.45) is 12.0. The number of phenolic OH excluding ortho intramolecular Hbond substituents is 1. The molecule has 0 spiro atoms. The molecule has 27 nitrogen and oxygen atoms in total. The van der Waals surface area contributed by atoms with Gasteiger partial charge in [-0.1, -0.05) is 78.3 Å². The Hall–Kier alpha value is -9.77. The van der Waals surface area contributed by atoms with Gasteiger partial charge in [-0.2, -0.15) is 0 Å². The van der Waals surface area contributed by atoms with Crippen LogP contribution in [0.15, 0.2) is 89.5 Å². The summed E-state index contributed by atoms with van der Waals surface area (Å²) in [6, 6.07) is 8.08. The second-order valence-electron chi connectivity index (χ2n) is 28.9. The van der Waals surface area contributed by atoms with E-state index in [1.807, 2.05) is 45.9 Å². The maximum Gasteiger partial charge on any atom is 0.312 e. The molecule has 1 fully saturated rings. The highest BCUT2D eigenvalue weighted by Gasteiger charge is 2.50. The van der Waals surface area contributed by atoms with Crippen molar-refractivity contribution in [2.45, 2.75) is 176 Å². The number of benzene rings is 4. The second kappa shape index (κ2) is 35.1. The minimum absolute atomic E-state index is 0.0381. The van der Waals surface area contributed by atoms with E-state index in [0.717, 1.165) is 34.8 Å². The van der Waals surface area contributed by atoms with Gasteiger partial charge in [0, 0.05) is 118 Å². The zero-order chi connectivity index (χ0) is 77.2. The third-order valence-electron chi connectivity index (χ3n) is 20.4. The number of carbonyl (C=O) groups excluding carboxylic acids is 9. The number of nitrogens with one attached hydrogen (secondary N) is 5. The zero-order valence-corrected chi connectivity index (χ0v) is 63.4. The number of Topliss-reactive ketones (excluding diaryl/α,β-unsaturated/α-hetero) is 1. The van der Waals surface area contributed by atoms with Gasteiger partial charge in [-0.3, -0.25) is 48.1 Å². The van der Waals surface area contributed by atoms with E-state index in [4.69, 9.17) is 34.4 Å². The molecule has 0 saturated carbocycles. The highest BCUT2D eigenvalue weighted by atomic mass is 32.1. The number of esters is 1. The number of nitrogens with two attached hydrogens (primary N) is 1. The van der Waals surface area contributed by atoms with Gasteiger partial charge in [0.1, 0.15) is 47.5 Å². The Morgan fingerprint density at radius 3 is 2.25 bits per heavy atom. The van der Waals surface area contributed by atoms with Crippen LogP contribution in [0.4, 0.5) is 21.9 Å². The number of piperidine rings is 1. The summed E-state index contributed by atoms with van der Waals surface area (Å²) < 4.78 is 32.1. The summed E-state index contributed by atoms with van der Waals surface area (Å²) in [5.74, 6) is -8.70. The van der Waals surface area contributed by atoms with Crippen molar-refractivity contribution in [3.05, 3.63) is 112 Å². The number of hydrogen-bond acceptors (Lipinski definition) is 21. The van der Waals surface area contributed by atoms with Gasteiger partial charge in [-0.25, -0.2) is 9.78 Å². The number of methoxy groups -OCH3 is 1. The van der Waals surface area contributed by atoms with E-state index in [-0.39, 0.29) is 112 Å². The number of rotatable bonds is 23.